The lowest BCUT2D eigenvalue weighted by Gasteiger charge is -2.29. The fourth-order valence-electron chi connectivity index (χ4n) is 2.13. The first kappa shape index (κ1) is 15.7. The van der Waals surface area contributed by atoms with Crippen LogP contribution in [0.25, 0.3) is 5.69 Å². The van der Waals surface area contributed by atoms with Crippen molar-refractivity contribution in [2.75, 3.05) is 5.32 Å². The number of cyclic esters (lactones) is 2. The summed E-state index contributed by atoms with van der Waals surface area (Å²) in [4.78, 5) is 23.8. The molecule has 24 heavy (non-hydrogen) atoms. The number of aryl methyl sites for hydroxylation is 1. The monoisotopic (exact) mass is 329 g/mol. The number of carbonyl (C=O) groups excluding carboxylic acids is 2. The van der Waals surface area contributed by atoms with Gasteiger partial charge in [-0.05, 0) is 35.5 Å². The predicted octanol–water partition coefficient (Wildman–Crippen LogP) is 1.10. The fourth-order valence-corrected chi connectivity index (χ4v) is 2.13. The summed E-state index contributed by atoms with van der Waals surface area (Å²) in [5, 5.41) is 14.2. The molecule has 9 nitrogen and oxygen atoms in total. The van der Waals surface area contributed by atoms with Crippen LogP contribution in [0.2, 0.25) is 0 Å². The highest BCUT2D eigenvalue weighted by molar-refractivity contribution is 6.15. The van der Waals surface area contributed by atoms with Gasteiger partial charge in [0.15, 0.2) is 11.4 Å². The molecule has 0 radical (unpaired) electrons. The van der Waals surface area contributed by atoms with E-state index in [0.29, 0.717) is 11.5 Å². The Morgan fingerprint density at radius 1 is 1.21 bits per heavy atom. The Morgan fingerprint density at radius 3 is 2.54 bits per heavy atom. The molecule has 0 bridgehead atoms. The van der Waals surface area contributed by atoms with Gasteiger partial charge in [0.05, 0.1) is 5.69 Å². The Hall–Kier alpha value is -3.23. The van der Waals surface area contributed by atoms with E-state index in [1.54, 1.807) is 29.8 Å². The van der Waals surface area contributed by atoms with Crippen molar-refractivity contribution in [3.05, 3.63) is 41.9 Å². The van der Waals surface area contributed by atoms with Crippen molar-refractivity contribution in [3.8, 4) is 5.69 Å². The third kappa shape index (κ3) is 3.09. The third-order valence-corrected chi connectivity index (χ3v) is 3.22. The summed E-state index contributed by atoms with van der Waals surface area (Å²) in [7, 11) is 0. The summed E-state index contributed by atoms with van der Waals surface area (Å²) < 4.78 is 11.6. The first-order valence-electron chi connectivity index (χ1n) is 7.14. The van der Waals surface area contributed by atoms with E-state index in [9.17, 15) is 9.59 Å². The van der Waals surface area contributed by atoms with E-state index in [-0.39, 0.29) is 5.57 Å². The minimum atomic E-state index is -1.26. The van der Waals surface area contributed by atoms with Crippen molar-refractivity contribution < 1.29 is 19.1 Å². The summed E-state index contributed by atoms with van der Waals surface area (Å²) in [5.74, 6) is -2.11. The maximum atomic E-state index is 11.9. The molecular formula is C15H15N5O4. The largest absolute Gasteiger partial charge is 0.419 e. The summed E-state index contributed by atoms with van der Waals surface area (Å²) in [6, 6.07) is 7.15. The lowest BCUT2D eigenvalue weighted by Crippen LogP contribution is -2.42. The molecule has 1 aliphatic rings. The predicted molar refractivity (Wildman–Crippen MR) is 81.9 cm³/mol. The van der Waals surface area contributed by atoms with Crippen molar-refractivity contribution >= 4 is 17.6 Å². The van der Waals surface area contributed by atoms with Gasteiger partial charge in [-0.25, -0.2) is 9.59 Å². The second-order valence-electron chi connectivity index (χ2n) is 5.57. The highest BCUT2D eigenvalue weighted by atomic mass is 16.7. The van der Waals surface area contributed by atoms with Crippen LogP contribution in [0, 0.1) is 6.92 Å². The Balaban J connectivity index is 1.81. The number of rotatable bonds is 3. The van der Waals surface area contributed by atoms with E-state index in [4.69, 9.17) is 9.47 Å². The quantitative estimate of drug-likeness (QED) is 0.507. The van der Waals surface area contributed by atoms with Gasteiger partial charge in [0.25, 0.3) is 5.79 Å². The number of benzene rings is 1. The molecule has 1 aromatic heterocycles. The number of esters is 2. The van der Waals surface area contributed by atoms with Gasteiger partial charge in [0.1, 0.15) is 0 Å². The molecule has 124 valence electrons. The zero-order chi connectivity index (χ0) is 17.3. The highest BCUT2D eigenvalue weighted by Gasteiger charge is 2.38. The Morgan fingerprint density at radius 2 is 1.92 bits per heavy atom. The second kappa shape index (κ2) is 5.76. The molecule has 1 aliphatic heterocycles. The van der Waals surface area contributed by atoms with Crippen LogP contribution in [-0.4, -0.2) is 37.9 Å². The van der Waals surface area contributed by atoms with Gasteiger partial charge in [-0.1, -0.05) is 6.07 Å². The van der Waals surface area contributed by atoms with Crippen molar-refractivity contribution in [1.82, 2.24) is 20.2 Å². The molecule has 1 N–H and O–H groups in total. The maximum absolute atomic E-state index is 11.9. The van der Waals surface area contributed by atoms with Crippen LogP contribution in [-0.2, 0) is 19.1 Å². The van der Waals surface area contributed by atoms with Crippen molar-refractivity contribution in [2.24, 2.45) is 0 Å². The smallest absolute Gasteiger partial charge is 0.350 e. The zero-order valence-electron chi connectivity index (χ0n) is 13.3. The van der Waals surface area contributed by atoms with Gasteiger partial charge in [0.2, 0.25) is 0 Å². The Labute approximate surface area is 137 Å². The maximum Gasteiger partial charge on any atom is 0.350 e. The number of carbonyl (C=O) groups is 2. The molecule has 1 aromatic carbocycles. The van der Waals surface area contributed by atoms with Crippen LogP contribution >= 0.6 is 0 Å². The van der Waals surface area contributed by atoms with Gasteiger partial charge >= 0.3 is 11.9 Å². The molecule has 0 unspecified atom stereocenters. The number of aromatic nitrogens is 4. The van der Waals surface area contributed by atoms with E-state index >= 15 is 0 Å². The Bertz CT molecular complexity index is 818. The van der Waals surface area contributed by atoms with Gasteiger partial charge in [-0.15, -0.1) is 5.10 Å². The van der Waals surface area contributed by atoms with E-state index in [1.165, 1.54) is 20.0 Å². The van der Waals surface area contributed by atoms with E-state index in [0.717, 1.165) is 5.69 Å². The first-order chi connectivity index (χ1) is 11.4. The molecule has 2 aromatic rings. The number of nitrogens with one attached hydrogen (secondary N) is 1. The molecule has 0 spiro atoms. The normalized spacial score (nSPS) is 16.4. The zero-order valence-corrected chi connectivity index (χ0v) is 13.3. The van der Waals surface area contributed by atoms with Gasteiger partial charge in [-0.2, -0.15) is 4.68 Å². The van der Waals surface area contributed by atoms with Crippen LogP contribution in [0.15, 0.2) is 36.0 Å². The highest BCUT2D eigenvalue weighted by Crippen LogP contribution is 2.23. The number of tetrazole rings is 1. The average Bonchev–Trinajstić information content (AvgIpc) is 2.91. The lowest BCUT2D eigenvalue weighted by atomic mass is 10.2. The second-order valence-corrected chi connectivity index (χ2v) is 5.57. The molecular weight excluding hydrogens is 314 g/mol. The summed E-state index contributed by atoms with van der Waals surface area (Å²) in [6.07, 6.45) is 1.26. The summed E-state index contributed by atoms with van der Waals surface area (Å²) in [5.41, 5.74) is 1.16. The van der Waals surface area contributed by atoms with Crippen molar-refractivity contribution in [2.45, 2.75) is 26.6 Å². The molecule has 1 fully saturated rings. The summed E-state index contributed by atoms with van der Waals surface area (Å²) >= 11 is 0. The minimum absolute atomic E-state index is 0.210. The molecule has 0 aliphatic carbocycles. The van der Waals surface area contributed by atoms with Crippen LogP contribution in [0.1, 0.15) is 19.7 Å². The van der Waals surface area contributed by atoms with Gasteiger partial charge in [0, 0.05) is 25.7 Å². The van der Waals surface area contributed by atoms with Crippen molar-refractivity contribution in [1.29, 1.82) is 0 Å². The van der Waals surface area contributed by atoms with Crippen LogP contribution in [0.3, 0.4) is 0 Å². The number of nitrogens with zero attached hydrogens (tertiary/aromatic N) is 4. The molecule has 0 atom stereocenters. The molecule has 3 rings (SSSR count). The molecule has 2 heterocycles. The molecule has 1 saturated heterocycles. The Kier molecular flexibility index (Phi) is 3.76. The third-order valence-electron chi connectivity index (χ3n) is 3.22. The van der Waals surface area contributed by atoms with Crippen LogP contribution in [0.5, 0.6) is 0 Å². The van der Waals surface area contributed by atoms with E-state index < -0.39 is 17.7 Å². The molecule has 0 amide bonds. The number of hydrogen-bond acceptors (Lipinski definition) is 8. The van der Waals surface area contributed by atoms with Crippen LogP contribution < -0.4 is 5.32 Å². The average molecular weight is 329 g/mol. The van der Waals surface area contributed by atoms with Crippen molar-refractivity contribution in [3.63, 3.8) is 0 Å². The first-order valence-corrected chi connectivity index (χ1v) is 7.14. The fraction of sp³-hybridized carbons (Fsp3) is 0.267. The molecule has 9 heteroatoms. The number of ether oxygens (including phenoxy) is 2. The minimum Gasteiger partial charge on any atom is -0.419 e. The van der Waals surface area contributed by atoms with Gasteiger partial charge in [-0.3, -0.25) is 0 Å². The number of hydrogen-bond donors (Lipinski definition) is 1. The lowest BCUT2D eigenvalue weighted by molar-refractivity contribution is -0.222. The molecule has 0 saturated carbocycles. The van der Waals surface area contributed by atoms with E-state index in [2.05, 4.69) is 20.8 Å². The number of anilines is 1. The van der Waals surface area contributed by atoms with E-state index in [1.807, 2.05) is 6.07 Å². The van der Waals surface area contributed by atoms with Crippen LogP contribution in [0.4, 0.5) is 5.69 Å². The topological polar surface area (TPSA) is 108 Å². The summed E-state index contributed by atoms with van der Waals surface area (Å²) in [6.45, 7) is 4.76. The SMILES string of the molecule is Cc1nnnn1-c1cccc(NC=C2C(=O)OC(C)(C)OC2=O)c1. The standard InChI is InChI=1S/C15H15N5O4/c1-9-17-18-19-20(9)11-6-4-5-10(7-11)16-8-12-13(21)23-15(2,3)24-14(12)22/h4-8,16H,1-3H3. The van der Waals surface area contributed by atoms with Gasteiger partial charge < -0.3 is 14.8 Å².